The van der Waals surface area contributed by atoms with Crippen molar-refractivity contribution in [2.75, 3.05) is 31.2 Å². The third kappa shape index (κ3) is 5.33. The highest BCUT2D eigenvalue weighted by Crippen LogP contribution is 2.30. The third-order valence-electron chi connectivity index (χ3n) is 3.03. The molecule has 0 aliphatic carbocycles. The fraction of sp³-hybridized carbons (Fsp3) is 0.188. The van der Waals surface area contributed by atoms with E-state index in [0.29, 0.717) is 17.2 Å². The van der Waals surface area contributed by atoms with Crippen molar-refractivity contribution in [1.29, 1.82) is 0 Å². The zero-order valence-electron chi connectivity index (χ0n) is 14.1. The largest absolute Gasteiger partial charge is 0.423 e. The van der Waals surface area contributed by atoms with Gasteiger partial charge in [-0.25, -0.2) is 4.98 Å². The number of ether oxygens (including phenoxy) is 1. The highest BCUT2D eigenvalue weighted by atomic mass is 16.5. The Morgan fingerprint density at radius 1 is 1.15 bits per heavy atom. The van der Waals surface area contributed by atoms with Crippen LogP contribution in [0.4, 0.5) is 23.0 Å². The summed E-state index contributed by atoms with van der Waals surface area (Å²) in [5, 5.41) is 13.4. The highest BCUT2D eigenvalue weighted by molar-refractivity contribution is 5.91. The zero-order valence-corrected chi connectivity index (χ0v) is 14.1. The van der Waals surface area contributed by atoms with E-state index in [0.717, 1.165) is 0 Å². The monoisotopic (exact) mass is 357 g/mol. The van der Waals surface area contributed by atoms with E-state index in [9.17, 15) is 9.59 Å². The lowest BCUT2D eigenvalue weighted by atomic mass is 10.3. The second-order valence-electron chi connectivity index (χ2n) is 5.03. The van der Waals surface area contributed by atoms with Gasteiger partial charge in [-0.15, -0.1) is 10.2 Å². The molecule has 0 bridgehead atoms. The average Bonchev–Trinajstić information content (AvgIpc) is 2.62. The summed E-state index contributed by atoms with van der Waals surface area (Å²) in [6, 6.07) is 9.73. The number of aromatic nitrogens is 1. The SMILES string of the molecule is CNCC(=O)Nc1ccc(/N=N/c2ccccc2OC(=O)CN)c(N)n1. The zero-order chi connectivity index (χ0) is 18.9. The summed E-state index contributed by atoms with van der Waals surface area (Å²) < 4.78 is 5.08. The summed E-state index contributed by atoms with van der Waals surface area (Å²) in [5.74, 6) is -0.208. The number of hydrogen-bond acceptors (Lipinski definition) is 9. The molecule has 26 heavy (non-hydrogen) atoms. The molecule has 0 aliphatic heterocycles. The molecule has 2 aromatic rings. The molecule has 0 saturated carbocycles. The summed E-state index contributed by atoms with van der Waals surface area (Å²) in [4.78, 5) is 26.9. The van der Waals surface area contributed by atoms with Gasteiger partial charge < -0.3 is 26.8 Å². The van der Waals surface area contributed by atoms with E-state index in [1.165, 1.54) is 0 Å². The lowest BCUT2D eigenvalue weighted by molar-refractivity contribution is -0.132. The molecule has 10 heteroatoms. The molecule has 2 rings (SSSR count). The normalized spacial score (nSPS) is 10.7. The predicted molar refractivity (Wildman–Crippen MR) is 96.5 cm³/mol. The number of azo groups is 1. The summed E-state index contributed by atoms with van der Waals surface area (Å²) in [6.07, 6.45) is 0. The first-order chi connectivity index (χ1) is 12.5. The standard InChI is InChI=1S/C16H19N7O3/c1-19-9-14(24)20-13-7-6-11(16(18)21-13)23-22-10-4-2-3-5-12(10)26-15(25)8-17/h2-7,19H,8-9,17H2,1H3,(H3,18,20,21,24)/b23-22+. The number of nitrogen functional groups attached to an aromatic ring is 1. The van der Waals surface area contributed by atoms with Crippen LogP contribution in [-0.4, -0.2) is 37.0 Å². The molecule has 1 amide bonds. The van der Waals surface area contributed by atoms with Crippen LogP contribution in [0.3, 0.4) is 0 Å². The van der Waals surface area contributed by atoms with Gasteiger partial charge in [0.1, 0.15) is 17.2 Å². The molecule has 0 saturated heterocycles. The van der Waals surface area contributed by atoms with Crippen molar-refractivity contribution in [2.45, 2.75) is 0 Å². The number of carbonyl (C=O) groups excluding carboxylic acids is 2. The number of amides is 1. The lowest BCUT2D eigenvalue weighted by Crippen LogP contribution is -2.25. The Kier molecular flexibility index (Phi) is 6.71. The maximum atomic E-state index is 11.5. The number of likely N-dealkylation sites (N-methyl/N-ethyl adjacent to an activating group) is 1. The number of rotatable bonds is 7. The fourth-order valence-corrected chi connectivity index (χ4v) is 1.87. The number of hydrogen-bond donors (Lipinski definition) is 4. The number of anilines is 2. The van der Waals surface area contributed by atoms with Gasteiger partial charge in [0.05, 0.1) is 13.1 Å². The molecule has 0 spiro atoms. The topological polar surface area (TPSA) is 157 Å². The van der Waals surface area contributed by atoms with Gasteiger partial charge in [0, 0.05) is 0 Å². The van der Waals surface area contributed by atoms with Crippen LogP contribution in [0, 0.1) is 0 Å². The number of esters is 1. The molecular weight excluding hydrogens is 338 g/mol. The number of nitrogens with two attached hydrogens (primary N) is 2. The number of nitrogens with one attached hydrogen (secondary N) is 2. The van der Waals surface area contributed by atoms with Crippen LogP contribution >= 0.6 is 0 Å². The Morgan fingerprint density at radius 2 is 1.88 bits per heavy atom. The molecule has 10 nitrogen and oxygen atoms in total. The molecule has 1 aromatic heterocycles. The molecule has 0 fully saturated rings. The van der Waals surface area contributed by atoms with Gasteiger partial charge in [-0.2, -0.15) is 0 Å². The summed E-state index contributed by atoms with van der Waals surface area (Å²) in [6.45, 7) is -0.0928. The van der Waals surface area contributed by atoms with Crippen LogP contribution in [0.2, 0.25) is 0 Å². The molecule has 0 radical (unpaired) electrons. The third-order valence-corrected chi connectivity index (χ3v) is 3.03. The molecule has 1 aromatic carbocycles. The van der Waals surface area contributed by atoms with E-state index in [1.54, 1.807) is 43.4 Å². The first-order valence-corrected chi connectivity index (χ1v) is 7.66. The summed E-state index contributed by atoms with van der Waals surface area (Å²) in [5.41, 5.74) is 11.7. The minimum Gasteiger partial charge on any atom is -0.423 e. The number of benzene rings is 1. The molecule has 0 atom stereocenters. The second kappa shape index (κ2) is 9.20. The minimum atomic E-state index is -0.588. The summed E-state index contributed by atoms with van der Waals surface area (Å²) >= 11 is 0. The van der Waals surface area contributed by atoms with E-state index in [-0.39, 0.29) is 30.6 Å². The van der Waals surface area contributed by atoms with Crippen LogP contribution in [0.15, 0.2) is 46.6 Å². The molecule has 6 N–H and O–H groups in total. The molecule has 0 aliphatic rings. The first-order valence-electron chi connectivity index (χ1n) is 7.66. The van der Waals surface area contributed by atoms with Crippen molar-refractivity contribution >= 4 is 34.9 Å². The van der Waals surface area contributed by atoms with Crippen LogP contribution in [0.25, 0.3) is 0 Å². The van der Waals surface area contributed by atoms with Gasteiger partial charge in [-0.1, -0.05) is 12.1 Å². The number of nitrogens with zero attached hydrogens (tertiary/aromatic N) is 3. The average molecular weight is 357 g/mol. The Morgan fingerprint density at radius 3 is 2.58 bits per heavy atom. The predicted octanol–water partition coefficient (Wildman–Crippen LogP) is 1.10. The van der Waals surface area contributed by atoms with E-state index in [4.69, 9.17) is 16.2 Å². The molecule has 136 valence electrons. The maximum Gasteiger partial charge on any atom is 0.325 e. The lowest BCUT2D eigenvalue weighted by Gasteiger charge is -2.06. The van der Waals surface area contributed by atoms with Crippen LogP contribution in [-0.2, 0) is 9.59 Å². The van der Waals surface area contributed by atoms with E-state index in [2.05, 4.69) is 25.8 Å². The van der Waals surface area contributed by atoms with E-state index < -0.39 is 5.97 Å². The number of para-hydroxylation sites is 1. The molecule has 1 heterocycles. The van der Waals surface area contributed by atoms with Crippen LogP contribution in [0.5, 0.6) is 5.75 Å². The van der Waals surface area contributed by atoms with Gasteiger partial charge in [-0.3, -0.25) is 9.59 Å². The maximum absolute atomic E-state index is 11.5. The van der Waals surface area contributed by atoms with Crippen molar-refractivity contribution < 1.29 is 14.3 Å². The second-order valence-corrected chi connectivity index (χ2v) is 5.03. The van der Waals surface area contributed by atoms with E-state index >= 15 is 0 Å². The van der Waals surface area contributed by atoms with Crippen LogP contribution < -0.4 is 26.8 Å². The van der Waals surface area contributed by atoms with E-state index in [1.807, 2.05) is 0 Å². The Balaban J connectivity index is 2.16. The van der Waals surface area contributed by atoms with Crippen LogP contribution in [0.1, 0.15) is 0 Å². The van der Waals surface area contributed by atoms with Crippen molar-refractivity contribution in [3.05, 3.63) is 36.4 Å². The van der Waals surface area contributed by atoms with Gasteiger partial charge >= 0.3 is 5.97 Å². The number of carbonyl (C=O) groups is 2. The Bertz CT molecular complexity index is 823. The van der Waals surface area contributed by atoms with Crippen molar-refractivity contribution in [1.82, 2.24) is 10.3 Å². The fourth-order valence-electron chi connectivity index (χ4n) is 1.87. The quantitative estimate of drug-likeness (QED) is 0.328. The Labute approximate surface area is 149 Å². The minimum absolute atomic E-state index is 0.0902. The van der Waals surface area contributed by atoms with Gasteiger partial charge in [0.2, 0.25) is 5.91 Å². The molecular formula is C16H19N7O3. The van der Waals surface area contributed by atoms with Gasteiger partial charge in [0.15, 0.2) is 11.6 Å². The van der Waals surface area contributed by atoms with Gasteiger partial charge in [0.25, 0.3) is 0 Å². The molecule has 0 unspecified atom stereocenters. The Hall–Kier alpha value is -3.37. The van der Waals surface area contributed by atoms with Crippen molar-refractivity contribution in [2.24, 2.45) is 16.0 Å². The smallest absolute Gasteiger partial charge is 0.325 e. The van der Waals surface area contributed by atoms with Crippen molar-refractivity contribution in [3.63, 3.8) is 0 Å². The highest BCUT2D eigenvalue weighted by Gasteiger charge is 2.08. The number of pyridine rings is 1. The summed E-state index contributed by atoms with van der Waals surface area (Å²) in [7, 11) is 1.66. The van der Waals surface area contributed by atoms with Gasteiger partial charge in [-0.05, 0) is 31.3 Å². The van der Waals surface area contributed by atoms with Crippen molar-refractivity contribution in [3.8, 4) is 5.75 Å². The first kappa shape index (κ1) is 19.0.